The van der Waals surface area contributed by atoms with Gasteiger partial charge in [-0.3, -0.25) is 0 Å². The first kappa shape index (κ1) is 8.48. The van der Waals surface area contributed by atoms with Crippen LogP contribution < -0.4 is 4.74 Å². The molecule has 1 saturated carbocycles. The van der Waals surface area contributed by atoms with E-state index in [1.807, 2.05) is 18.2 Å². The number of ether oxygens (including phenoxy) is 1. The van der Waals surface area contributed by atoms with Gasteiger partial charge in [0.2, 0.25) is 0 Å². The SMILES string of the molecule is FC1(F)CC1COc1ccccc1. The smallest absolute Gasteiger partial charge is 0.255 e. The number of benzene rings is 1. The van der Waals surface area contributed by atoms with E-state index >= 15 is 0 Å². The van der Waals surface area contributed by atoms with Crippen LogP contribution in [-0.2, 0) is 0 Å². The third kappa shape index (κ3) is 1.97. The zero-order valence-corrected chi connectivity index (χ0v) is 7.04. The Hall–Kier alpha value is -1.12. The first-order valence-electron chi connectivity index (χ1n) is 4.24. The van der Waals surface area contributed by atoms with Crippen molar-refractivity contribution in [1.29, 1.82) is 0 Å². The lowest BCUT2D eigenvalue weighted by Gasteiger charge is -2.03. The molecule has 0 heterocycles. The number of halogens is 2. The van der Waals surface area contributed by atoms with E-state index < -0.39 is 11.8 Å². The summed E-state index contributed by atoms with van der Waals surface area (Å²) in [5.74, 6) is -2.40. The van der Waals surface area contributed by atoms with Gasteiger partial charge in [0.05, 0.1) is 12.5 Å². The molecule has 3 heteroatoms. The van der Waals surface area contributed by atoms with Crippen LogP contribution in [0, 0.1) is 5.92 Å². The summed E-state index contributed by atoms with van der Waals surface area (Å²) in [6.45, 7) is 0.122. The molecule has 2 rings (SSSR count). The van der Waals surface area contributed by atoms with Crippen LogP contribution in [0.4, 0.5) is 8.78 Å². The van der Waals surface area contributed by atoms with E-state index in [2.05, 4.69) is 0 Å². The molecule has 1 unspecified atom stereocenters. The molecule has 0 spiro atoms. The molecular weight excluding hydrogens is 174 g/mol. The van der Waals surface area contributed by atoms with E-state index in [-0.39, 0.29) is 13.0 Å². The van der Waals surface area contributed by atoms with E-state index in [4.69, 9.17) is 4.74 Å². The van der Waals surface area contributed by atoms with E-state index in [0.29, 0.717) is 5.75 Å². The average Bonchev–Trinajstić information content (AvgIpc) is 2.73. The molecule has 0 bridgehead atoms. The molecule has 0 saturated heterocycles. The molecule has 1 nitrogen and oxygen atoms in total. The van der Waals surface area contributed by atoms with Crippen LogP contribution >= 0.6 is 0 Å². The molecule has 1 fully saturated rings. The summed E-state index contributed by atoms with van der Waals surface area (Å²) in [5.41, 5.74) is 0. The average molecular weight is 184 g/mol. The van der Waals surface area contributed by atoms with Crippen LogP contribution in [0.15, 0.2) is 30.3 Å². The van der Waals surface area contributed by atoms with Crippen LogP contribution in [0.2, 0.25) is 0 Å². The summed E-state index contributed by atoms with van der Waals surface area (Å²) in [5, 5.41) is 0. The highest BCUT2D eigenvalue weighted by Crippen LogP contribution is 2.48. The van der Waals surface area contributed by atoms with Gasteiger partial charge in [0.25, 0.3) is 5.92 Å². The Kier molecular flexibility index (Phi) is 1.94. The second kappa shape index (κ2) is 2.98. The first-order valence-corrected chi connectivity index (χ1v) is 4.24. The van der Waals surface area contributed by atoms with Crippen molar-refractivity contribution < 1.29 is 13.5 Å². The minimum atomic E-state index is -2.48. The highest BCUT2D eigenvalue weighted by Gasteiger charge is 2.57. The van der Waals surface area contributed by atoms with Gasteiger partial charge < -0.3 is 4.74 Å². The number of hydrogen-bond acceptors (Lipinski definition) is 1. The molecule has 0 N–H and O–H groups in total. The summed E-state index contributed by atoms with van der Waals surface area (Å²) in [6.07, 6.45) is -0.0279. The number of para-hydroxylation sites is 1. The summed E-state index contributed by atoms with van der Waals surface area (Å²) in [7, 11) is 0. The van der Waals surface area contributed by atoms with Crippen molar-refractivity contribution >= 4 is 0 Å². The van der Waals surface area contributed by atoms with Crippen LogP contribution in [0.3, 0.4) is 0 Å². The van der Waals surface area contributed by atoms with Gasteiger partial charge in [0.15, 0.2) is 0 Å². The van der Waals surface area contributed by atoms with E-state index in [1.54, 1.807) is 12.1 Å². The molecule has 1 aromatic rings. The fourth-order valence-corrected chi connectivity index (χ4v) is 1.16. The van der Waals surface area contributed by atoms with Crippen molar-refractivity contribution in [3.05, 3.63) is 30.3 Å². The molecule has 0 aliphatic heterocycles. The molecule has 1 aromatic carbocycles. The van der Waals surface area contributed by atoms with Gasteiger partial charge in [-0.25, -0.2) is 8.78 Å². The van der Waals surface area contributed by atoms with Crippen LogP contribution in [-0.4, -0.2) is 12.5 Å². The van der Waals surface area contributed by atoms with Crippen molar-refractivity contribution in [3.63, 3.8) is 0 Å². The van der Waals surface area contributed by atoms with Gasteiger partial charge in [-0.15, -0.1) is 0 Å². The van der Waals surface area contributed by atoms with Crippen molar-refractivity contribution in [1.82, 2.24) is 0 Å². The van der Waals surface area contributed by atoms with Gasteiger partial charge >= 0.3 is 0 Å². The topological polar surface area (TPSA) is 9.23 Å². The molecule has 1 aliphatic rings. The second-order valence-electron chi connectivity index (χ2n) is 3.29. The zero-order valence-electron chi connectivity index (χ0n) is 7.04. The number of rotatable bonds is 3. The van der Waals surface area contributed by atoms with Gasteiger partial charge in [0.1, 0.15) is 5.75 Å². The van der Waals surface area contributed by atoms with Gasteiger partial charge in [-0.05, 0) is 12.1 Å². The number of alkyl halides is 2. The number of hydrogen-bond donors (Lipinski definition) is 0. The normalized spacial score (nSPS) is 24.0. The van der Waals surface area contributed by atoms with E-state index in [1.165, 1.54) is 0 Å². The summed E-state index contributed by atoms with van der Waals surface area (Å²) >= 11 is 0. The summed E-state index contributed by atoms with van der Waals surface area (Å²) in [6, 6.07) is 9.03. The fraction of sp³-hybridized carbons (Fsp3) is 0.400. The maximum Gasteiger partial charge on any atom is 0.255 e. The monoisotopic (exact) mass is 184 g/mol. The maximum atomic E-state index is 12.4. The predicted molar refractivity (Wildman–Crippen MR) is 45.0 cm³/mol. The maximum absolute atomic E-state index is 12.4. The van der Waals surface area contributed by atoms with Crippen molar-refractivity contribution in [3.8, 4) is 5.75 Å². The first-order chi connectivity index (χ1) is 6.18. The summed E-state index contributed by atoms with van der Waals surface area (Å²) < 4.78 is 30.0. The van der Waals surface area contributed by atoms with Crippen LogP contribution in [0.25, 0.3) is 0 Å². The Balaban J connectivity index is 1.82. The fourth-order valence-electron chi connectivity index (χ4n) is 1.16. The molecule has 13 heavy (non-hydrogen) atoms. The van der Waals surface area contributed by atoms with Crippen molar-refractivity contribution in [2.75, 3.05) is 6.61 Å². The molecule has 0 aromatic heterocycles. The highest BCUT2D eigenvalue weighted by atomic mass is 19.3. The van der Waals surface area contributed by atoms with Crippen molar-refractivity contribution in [2.24, 2.45) is 5.92 Å². The standard InChI is InChI=1S/C10H10F2O/c11-10(12)6-8(10)7-13-9-4-2-1-3-5-9/h1-5,8H,6-7H2. The van der Waals surface area contributed by atoms with Crippen molar-refractivity contribution in [2.45, 2.75) is 12.3 Å². The van der Waals surface area contributed by atoms with Crippen LogP contribution in [0.5, 0.6) is 5.75 Å². The van der Waals surface area contributed by atoms with E-state index in [9.17, 15) is 8.78 Å². The minimum Gasteiger partial charge on any atom is -0.493 e. The predicted octanol–water partition coefficient (Wildman–Crippen LogP) is 2.72. The highest BCUT2D eigenvalue weighted by molar-refractivity contribution is 5.21. The Labute approximate surface area is 75.3 Å². The summed E-state index contributed by atoms with van der Waals surface area (Å²) in [4.78, 5) is 0. The molecule has 0 radical (unpaired) electrons. The zero-order chi connectivity index (χ0) is 9.31. The molecular formula is C10H10F2O. The van der Waals surface area contributed by atoms with E-state index in [0.717, 1.165) is 0 Å². The lowest BCUT2D eigenvalue weighted by molar-refractivity contribution is 0.0856. The largest absolute Gasteiger partial charge is 0.493 e. The Morgan fingerprint density at radius 2 is 1.92 bits per heavy atom. The Morgan fingerprint density at radius 1 is 1.31 bits per heavy atom. The third-order valence-electron chi connectivity index (χ3n) is 2.15. The Bertz CT molecular complexity index is 284. The quantitative estimate of drug-likeness (QED) is 0.701. The molecule has 0 amide bonds. The molecule has 1 aliphatic carbocycles. The van der Waals surface area contributed by atoms with Gasteiger partial charge in [-0.2, -0.15) is 0 Å². The third-order valence-corrected chi connectivity index (χ3v) is 2.15. The lowest BCUT2D eigenvalue weighted by atomic mass is 10.3. The minimum absolute atomic E-state index is 0.0279. The van der Waals surface area contributed by atoms with Crippen LogP contribution in [0.1, 0.15) is 6.42 Å². The second-order valence-corrected chi connectivity index (χ2v) is 3.29. The van der Waals surface area contributed by atoms with Gasteiger partial charge in [-0.1, -0.05) is 18.2 Å². The molecule has 70 valence electrons. The lowest BCUT2D eigenvalue weighted by Crippen LogP contribution is -2.05. The molecule has 1 atom stereocenters. The Morgan fingerprint density at radius 3 is 2.46 bits per heavy atom. The van der Waals surface area contributed by atoms with Gasteiger partial charge in [0, 0.05) is 6.42 Å².